The van der Waals surface area contributed by atoms with Gasteiger partial charge in [-0.05, 0) is 56.0 Å². The number of nitrogens with zero attached hydrogens (tertiary/aromatic N) is 3. The molecule has 2 aromatic heterocycles. The molecule has 3 heterocycles. The largest absolute Gasteiger partial charge is 0.455 e. The zero-order valence-corrected chi connectivity index (χ0v) is 16.2. The van der Waals surface area contributed by atoms with Crippen LogP contribution in [0, 0.1) is 6.92 Å². The second kappa shape index (κ2) is 8.12. The van der Waals surface area contributed by atoms with Crippen LogP contribution in [0.15, 0.2) is 53.6 Å². The fourth-order valence-corrected chi connectivity index (χ4v) is 3.42. The van der Waals surface area contributed by atoms with Crippen LogP contribution in [0.25, 0.3) is 11.1 Å². The number of hydrogen-bond acceptors (Lipinski definition) is 5. The van der Waals surface area contributed by atoms with Crippen LogP contribution < -0.4 is 10.3 Å². The highest BCUT2D eigenvalue weighted by Gasteiger charge is 2.20. The highest BCUT2D eigenvalue weighted by atomic mass is 35.5. The van der Waals surface area contributed by atoms with Crippen LogP contribution in [0.1, 0.15) is 31.2 Å². The van der Waals surface area contributed by atoms with E-state index < -0.39 is 0 Å². The number of pyridine rings is 1. The number of halogens is 1. The summed E-state index contributed by atoms with van der Waals surface area (Å²) in [7, 11) is 0. The van der Waals surface area contributed by atoms with E-state index in [0.717, 1.165) is 30.5 Å². The maximum atomic E-state index is 12.7. The van der Waals surface area contributed by atoms with Gasteiger partial charge in [-0.15, -0.1) is 0 Å². The van der Waals surface area contributed by atoms with Crippen molar-refractivity contribution in [3.8, 4) is 22.6 Å². The van der Waals surface area contributed by atoms with E-state index in [2.05, 4.69) is 10.1 Å². The normalized spacial score (nSPS) is 16.7. The minimum atomic E-state index is -0.341. The fraction of sp³-hybridized carbons (Fsp3) is 0.286. The van der Waals surface area contributed by atoms with Crippen LogP contribution >= 0.6 is 11.6 Å². The minimum absolute atomic E-state index is 0.140. The lowest BCUT2D eigenvalue weighted by Gasteiger charge is -2.23. The van der Waals surface area contributed by atoms with Crippen molar-refractivity contribution in [2.45, 2.75) is 32.4 Å². The third kappa shape index (κ3) is 3.79. The molecule has 0 N–H and O–H groups in total. The van der Waals surface area contributed by atoms with Gasteiger partial charge in [-0.3, -0.25) is 9.78 Å². The van der Waals surface area contributed by atoms with Crippen LogP contribution in [0.5, 0.6) is 11.5 Å². The van der Waals surface area contributed by atoms with Crippen molar-refractivity contribution < 1.29 is 9.47 Å². The van der Waals surface area contributed by atoms with Gasteiger partial charge in [-0.25, -0.2) is 0 Å². The molecule has 1 atom stereocenters. The molecule has 144 valence electrons. The Morgan fingerprint density at radius 3 is 2.75 bits per heavy atom. The lowest BCUT2D eigenvalue weighted by Crippen LogP contribution is -2.31. The van der Waals surface area contributed by atoms with Crippen LogP contribution in [-0.2, 0) is 4.74 Å². The molecule has 0 spiro atoms. The molecule has 0 saturated carbocycles. The minimum Gasteiger partial charge on any atom is -0.455 e. The lowest BCUT2D eigenvalue weighted by atomic mass is 10.1. The van der Waals surface area contributed by atoms with Gasteiger partial charge < -0.3 is 9.47 Å². The van der Waals surface area contributed by atoms with Gasteiger partial charge in [-0.1, -0.05) is 23.7 Å². The molecule has 1 fully saturated rings. The van der Waals surface area contributed by atoms with Crippen LogP contribution in [-0.4, -0.2) is 21.4 Å². The van der Waals surface area contributed by atoms with Gasteiger partial charge in [0.1, 0.15) is 16.5 Å². The summed E-state index contributed by atoms with van der Waals surface area (Å²) in [6.07, 6.45) is 5.78. The lowest BCUT2D eigenvalue weighted by molar-refractivity contribution is -0.0424. The second-order valence-corrected chi connectivity index (χ2v) is 7.03. The first-order valence-corrected chi connectivity index (χ1v) is 9.60. The average Bonchev–Trinajstić information content (AvgIpc) is 2.73. The van der Waals surface area contributed by atoms with E-state index in [9.17, 15) is 4.79 Å². The third-order valence-electron chi connectivity index (χ3n) is 4.72. The Labute approximate surface area is 167 Å². The summed E-state index contributed by atoms with van der Waals surface area (Å²) in [6.45, 7) is 2.52. The Morgan fingerprint density at radius 1 is 1.21 bits per heavy atom. The zero-order valence-electron chi connectivity index (χ0n) is 15.5. The molecule has 28 heavy (non-hydrogen) atoms. The molecule has 7 heteroatoms. The zero-order chi connectivity index (χ0) is 19.5. The predicted molar refractivity (Wildman–Crippen MR) is 107 cm³/mol. The third-order valence-corrected chi connectivity index (χ3v) is 5.09. The highest BCUT2D eigenvalue weighted by molar-refractivity contribution is 6.33. The molecule has 1 aliphatic heterocycles. The van der Waals surface area contributed by atoms with Gasteiger partial charge >= 0.3 is 0 Å². The van der Waals surface area contributed by atoms with Crippen molar-refractivity contribution in [1.82, 2.24) is 14.8 Å². The van der Waals surface area contributed by atoms with E-state index in [-0.39, 0.29) is 16.8 Å². The molecule has 0 aliphatic carbocycles. The summed E-state index contributed by atoms with van der Waals surface area (Å²) in [5.41, 5.74) is 1.86. The van der Waals surface area contributed by atoms with Gasteiger partial charge in [0.25, 0.3) is 5.56 Å². The van der Waals surface area contributed by atoms with Gasteiger partial charge in [0.2, 0.25) is 0 Å². The summed E-state index contributed by atoms with van der Waals surface area (Å²) >= 11 is 6.37. The van der Waals surface area contributed by atoms with Gasteiger partial charge in [0.15, 0.2) is 6.23 Å². The van der Waals surface area contributed by atoms with Gasteiger partial charge in [-0.2, -0.15) is 9.78 Å². The molecule has 0 bridgehead atoms. The SMILES string of the molecule is Cc1ncccc1Oc1ccc(-c2cnn(C3CCCCO3)c(=O)c2Cl)cc1. The highest BCUT2D eigenvalue weighted by Crippen LogP contribution is 2.29. The maximum Gasteiger partial charge on any atom is 0.288 e. The smallest absolute Gasteiger partial charge is 0.288 e. The summed E-state index contributed by atoms with van der Waals surface area (Å²) in [5.74, 6) is 1.37. The monoisotopic (exact) mass is 397 g/mol. The molecular weight excluding hydrogens is 378 g/mol. The number of aryl methyl sites for hydroxylation is 1. The topological polar surface area (TPSA) is 66.2 Å². The molecule has 3 aromatic rings. The van der Waals surface area contributed by atoms with E-state index in [1.807, 2.05) is 43.3 Å². The molecule has 1 unspecified atom stereocenters. The fourth-order valence-electron chi connectivity index (χ4n) is 3.17. The summed E-state index contributed by atoms with van der Waals surface area (Å²) in [6, 6.07) is 11.1. The second-order valence-electron chi connectivity index (χ2n) is 6.66. The number of rotatable bonds is 4. The quantitative estimate of drug-likeness (QED) is 0.635. The molecule has 0 amide bonds. The Bertz CT molecular complexity index is 1030. The van der Waals surface area contributed by atoms with E-state index >= 15 is 0 Å². The van der Waals surface area contributed by atoms with Crippen molar-refractivity contribution in [2.75, 3.05) is 6.61 Å². The first-order valence-electron chi connectivity index (χ1n) is 9.22. The summed E-state index contributed by atoms with van der Waals surface area (Å²) in [4.78, 5) is 16.9. The molecule has 1 saturated heterocycles. The Balaban J connectivity index is 1.58. The van der Waals surface area contributed by atoms with Crippen LogP contribution in [0.3, 0.4) is 0 Å². The summed E-state index contributed by atoms with van der Waals surface area (Å²) < 4.78 is 12.8. The number of ether oxygens (including phenoxy) is 2. The number of benzene rings is 1. The van der Waals surface area contributed by atoms with E-state index in [1.165, 1.54) is 4.68 Å². The van der Waals surface area contributed by atoms with E-state index in [0.29, 0.717) is 23.7 Å². The van der Waals surface area contributed by atoms with E-state index in [1.54, 1.807) is 12.4 Å². The molecule has 0 radical (unpaired) electrons. The van der Waals surface area contributed by atoms with E-state index in [4.69, 9.17) is 21.1 Å². The average molecular weight is 398 g/mol. The molecule has 1 aliphatic rings. The van der Waals surface area contributed by atoms with Crippen molar-refractivity contribution in [3.05, 3.63) is 69.9 Å². The van der Waals surface area contributed by atoms with Gasteiger partial charge in [0, 0.05) is 18.4 Å². The van der Waals surface area contributed by atoms with Crippen molar-refractivity contribution in [2.24, 2.45) is 0 Å². The molecular formula is C21H20ClN3O3. The van der Waals surface area contributed by atoms with Crippen molar-refractivity contribution in [3.63, 3.8) is 0 Å². The van der Waals surface area contributed by atoms with Crippen molar-refractivity contribution >= 4 is 11.6 Å². The molecule has 4 rings (SSSR count). The first kappa shape index (κ1) is 18.7. The standard InChI is InChI=1S/C21H20ClN3O3/c1-14-18(5-4-11-23-14)28-16-9-7-15(8-10-16)17-13-24-25(21(26)20(17)22)19-6-2-3-12-27-19/h4-5,7-11,13,19H,2-3,6,12H2,1H3. The van der Waals surface area contributed by atoms with Gasteiger partial charge in [0.05, 0.1) is 11.9 Å². The summed E-state index contributed by atoms with van der Waals surface area (Å²) in [5, 5.41) is 4.44. The maximum absolute atomic E-state index is 12.7. The Hall–Kier alpha value is -2.70. The number of aromatic nitrogens is 3. The van der Waals surface area contributed by atoms with Crippen LogP contribution in [0.4, 0.5) is 0 Å². The Kier molecular flexibility index (Phi) is 5.41. The number of hydrogen-bond donors (Lipinski definition) is 0. The van der Waals surface area contributed by atoms with Crippen molar-refractivity contribution in [1.29, 1.82) is 0 Å². The Morgan fingerprint density at radius 2 is 2.04 bits per heavy atom. The predicted octanol–water partition coefficient (Wildman–Crippen LogP) is 4.76. The molecule has 6 nitrogen and oxygen atoms in total. The molecule has 1 aromatic carbocycles. The first-order chi connectivity index (χ1) is 13.6. The van der Waals surface area contributed by atoms with Crippen LogP contribution in [0.2, 0.25) is 5.02 Å².